The van der Waals surface area contributed by atoms with Crippen LogP contribution in [0.5, 0.6) is 0 Å². The molecule has 1 N–H and O–H groups in total. The van der Waals surface area contributed by atoms with Crippen molar-refractivity contribution >= 4 is 6.03 Å². The highest BCUT2D eigenvalue weighted by molar-refractivity contribution is 5.75. The van der Waals surface area contributed by atoms with Gasteiger partial charge in [-0.1, -0.05) is 0 Å². The summed E-state index contributed by atoms with van der Waals surface area (Å²) < 4.78 is 5.45. The van der Waals surface area contributed by atoms with E-state index in [-0.39, 0.29) is 6.03 Å². The average molecular weight is 250 g/mol. The molecule has 0 radical (unpaired) electrons. The van der Waals surface area contributed by atoms with E-state index in [1.807, 2.05) is 4.90 Å². The second-order valence-electron chi connectivity index (χ2n) is 5.14. The van der Waals surface area contributed by atoms with Crippen molar-refractivity contribution in [2.75, 3.05) is 13.1 Å². The van der Waals surface area contributed by atoms with Gasteiger partial charge in [0.25, 0.3) is 0 Å². The Morgan fingerprint density at radius 3 is 2.56 bits per heavy atom. The van der Waals surface area contributed by atoms with Gasteiger partial charge in [-0.25, -0.2) is 4.79 Å². The van der Waals surface area contributed by atoms with E-state index in [1.54, 1.807) is 6.92 Å². The van der Waals surface area contributed by atoms with Crippen LogP contribution in [0.2, 0.25) is 0 Å². The highest BCUT2D eigenvalue weighted by atomic mass is 16.4. The van der Waals surface area contributed by atoms with Gasteiger partial charge >= 0.3 is 6.03 Å². The van der Waals surface area contributed by atoms with Crippen LogP contribution >= 0.6 is 0 Å². The Bertz CT molecular complexity index is 433. The van der Waals surface area contributed by atoms with Crippen LogP contribution in [0.4, 0.5) is 4.79 Å². The molecule has 2 aliphatic rings. The smallest absolute Gasteiger partial charge is 0.317 e. The van der Waals surface area contributed by atoms with Crippen LogP contribution < -0.4 is 5.32 Å². The van der Waals surface area contributed by atoms with Crippen molar-refractivity contribution < 1.29 is 9.21 Å². The molecule has 2 amide bonds. The van der Waals surface area contributed by atoms with Crippen LogP contribution in [0.1, 0.15) is 43.4 Å². The third-order valence-electron chi connectivity index (χ3n) is 3.58. The first-order valence-corrected chi connectivity index (χ1v) is 6.58. The number of nitrogens with one attached hydrogen (secondary N) is 1. The van der Waals surface area contributed by atoms with Gasteiger partial charge in [0.05, 0.1) is 0 Å². The molecular weight excluding hydrogens is 232 g/mol. The molecule has 18 heavy (non-hydrogen) atoms. The second kappa shape index (κ2) is 4.59. The SMILES string of the molecule is Cc1nnc(C2CCN(C(=O)NC3CC3)CC2)o1. The highest BCUT2D eigenvalue weighted by Crippen LogP contribution is 2.27. The van der Waals surface area contributed by atoms with E-state index in [0.29, 0.717) is 17.9 Å². The van der Waals surface area contributed by atoms with Crippen molar-refractivity contribution in [2.24, 2.45) is 0 Å². The lowest BCUT2D eigenvalue weighted by Gasteiger charge is -2.30. The Kier molecular flexibility index (Phi) is 2.93. The summed E-state index contributed by atoms with van der Waals surface area (Å²) in [4.78, 5) is 13.7. The first kappa shape index (κ1) is 11.5. The van der Waals surface area contributed by atoms with Gasteiger partial charge in [-0.2, -0.15) is 0 Å². The highest BCUT2D eigenvalue weighted by Gasteiger charge is 2.30. The number of piperidine rings is 1. The van der Waals surface area contributed by atoms with Crippen molar-refractivity contribution in [2.45, 2.75) is 44.6 Å². The minimum Gasteiger partial charge on any atom is -0.425 e. The van der Waals surface area contributed by atoms with Gasteiger partial charge in [-0.15, -0.1) is 10.2 Å². The van der Waals surface area contributed by atoms with Gasteiger partial charge in [-0.05, 0) is 25.7 Å². The lowest BCUT2D eigenvalue weighted by Crippen LogP contribution is -2.44. The maximum Gasteiger partial charge on any atom is 0.317 e. The lowest BCUT2D eigenvalue weighted by molar-refractivity contribution is 0.176. The minimum absolute atomic E-state index is 0.0812. The van der Waals surface area contributed by atoms with Crippen molar-refractivity contribution in [1.29, 1.82) is 0 Å². The van der Waals surface area contributed by atoms with Gasteiger partial charge in [-0.3, -0.25) is 0 Å². The summed E-state index contributed by atoms with van der Waals surface area (Å²) in [7, 11) is 0. The Morgan fingerprint density at radius 2 is 2.00 bits per heavy atom. The van der Waals surface area contributed by atoms with Gasteiger partial charge in [0.15, 0.2) is 0 Å². The molecule has 3 rings (SSSR count). The maximum absolute atomic E-state index is 11.9. The molecule has 2 fully saturated rings. The zero-order valence-corrected chi connectivity index (χ0v) is 10.6. The summed E-state index contributed by atoms with van der Waals surface area (Å²) in [6, 6.07) is 0.506. The molecular formula is C12H18N4O2. The number of amides is 2. The van der Waals surface area contributed by atoms with E-state index in [0.717, 1.165) is 44.7 Å². The molecule has 1 aliphatic heterocycles. The van der Waals surface area contributed by atoms with Crippen LogP contribution in [0, 0.1) is 6.92 Å². The fourth-order valence-corrected chi connectivity index (χ4v) is 2.30. The van der Waals surface area contributed by atoms with Crippen molar-refractivity contribution in [3.8, 4) is 0 Å². The first-order chi connectivity index (χ1) is 8.72. The summed E-state index contributed by atoms with van der Waals surface area (Å²) in [6.45, 7) is 3.34. The topological polar surface area (TPSA) is 71.3 Å². The van der Waals surface area contributed by atoms with Crippen LogP contribution in [0.25, 0.3) is 0 Å². The summed E-state index contributed by atoms with van der Waals surface area (Å²) in [5.41, 5.74) is 0. The molecule has 1 aliphatic carbocycles. The van der Waals surface area contributed by atoms with Crippen LogP contribution in [-0.4, -0.2) is 40.3 Å². The van der Waals surface area contributed by atoms with E-state index >= 15 is 0 Å². The number of aryl methyl sites for hydroxylation is 1. The zero-order chi connectivity index (χ0) is 12.5. The molecule has 1 aromatic rings. The number of aromatic nitrogens is 2. The van der Waals surface area contributed by atoms with E-state index in [9.17, 15) is 4.79 Å². The number of nitrogens with zero attached hydrogens (tertiary/aromatic N) is 3. The molecule has 0 spiro atoms. The Labute approximate surface area is 106 Å². The molecule has 1 saturated carbocycles. The van der Waals surface area contributed by atoms with Gasteiger partial charge in [0, 0.05) is 32.0 Å². The standard InChI is InChI=1S/C12H18N4O2/c1-8-14-15-11(18-8)9-4-6-16(7-5-9)12(17)13-10-2-3-10/h9-10H,2-7H2,1H3,(H,13,17). The number of rotatable bonds is 2. The molecule has 6 heteroatoms. The van der Waals surface area contributed by atoms with Crippen LogP contribution in [-0.2, 0) is 0 Å². The second-order valence-corrected chi connectivity index (χ2v) is 5.14. The Morgan fingerprint density at radius 1 is 1.28 bits per heavy atom. The molecule has 1 aromatic heterocycles. The fourth-order valence-electron chi connectivity index (χ4n) is 2.30. The van der Waals surface area contributed by atoms with E-state index < -0.39 is 0 Å². The zero-order valence-electron chi connectivity index (χ0n) is 10.6. The van der Waals surface area contributed by atoms with E-state index in [2.05, 4.69) is 15.5 Å². The quantitative estimate of drug-likeness (QED) is 0.862. The summed E-state index contributed by atoms with van der Waals surface area (Å²) in [5.74, 6) is 1.63. The van der Waals surface area contributed by atoms with Crippen LogP contribution in [0.3, 0.4) is 0 Å². The van der Waals surface area contributed by atoms with Crippen molar-refractivity contribution in [3.05, 3.63) is 11.8 Å². The predicted octanol–water partition coefficient (Wildman–Crippen LogP) is 1.43. The maximum atomic E-state index is 11.9. The third kappa shape index (κ3) is 2.47. The van der Waals surface area contributed by atoms with Gasteiger partial charge in [0.2, 0.25) is 11.8 Å². The van der Waals surface area contributed by atoms with Crippen molar-refractivity contribution in [3.63, 3.8) is 0 Å². The van der Waals surface area contributed by atoms with E-state index in [1.165, 1.54) is 0 Å². The Balaban J connectivity index is 1.52. The number of hydrogen-bond acceptors (Lipinski definition) is 4. The van der Waals surface area contributed by atoms with Gasteiger partial charge < -0.3 is 14.6 Å². The molecule has 1 saturated heterocycles. The predicted molar refractivity (Wildman–Crippen MR) is 64.1 cm³/mol. The molecule has 6 nitrogen and oxygen atoms in total. The van der Waals surface area contributed by atoms with Crippen molar-refractivity contribution in [1.82, 2.24) is 20.4 Å². The Hall–Kier alpha value is -1.59. The average Bonchev–Trinajstić information content (AvgIpc) is 3.09. The number of carbonyl (C=O) groups is 1. The summed E-state index contributed by atoms with van der Waals surface area (Å²) in [5, 5.41) is 10.9. The lowest BCUT2D eigenvalue weighted by atomic mass is 9.97. The normalized spacial score (nSPS) is 21.1. The molecule has 2 heterocycles. The number of hydrogen-bond donors (Lipinski definition) is 1. The summed E-state index contributed by atoms with van der Waals surface area (Å²) in [6.07, 6.45) is 4.06. The molecule has 98 valence electrons. The number of carbonyl (C=O) groups excluding carboxylic acids is 1. The summed E-state index contributed by atoms with van der Waals surface area (Å²) >= 11 is 0. The minimum atomic E-state index is 0.0812. The number of likely N-dealkylation sites (tertiary alicyclic amines) is 1. The molecule has 0 unspecified atom stereocenters. The molecule has 0 bridgehead atoms. The number of urea groups is 1. The molecule has 0 atom stereocenters. The fraction of sp³-hybridized carbons (Fsp3) is 0.750. The third-order valence-corrected chi connectivity index (χ3v) is 3.58. The monoisotopic (exact) mass is 250 g/mol. The van der Waals surface area contributed by atoms with E-state index in [4.69, 9.17) is 4.42 Å². The molecule has 0 aromatic carbocycles. The largest absolute Gasteiger partial charge is 0.425 e. The first-order valence-electron chi connectivity index (χ1n) is 6.58. The van der Waals surface area contributed by atoms with Crippen LogP contribution in [0.15, 0.2) is 4.42 Å². The van der Waals surface area contributed by atoms with Gasteiger partial charge in [0.1, 0.15) is 0 Å².